The van der Waals surface area contributed by atoms with Gasteiger partial charge < -0.3 is 5.32 Å². The molecule has 0 unspecified atom stereocenters. The molecule has 1 N–H and O–H groups in total. The number of hydrogen-bond donors (Lipinski definition) is 1. The quantitative estimate of drug-likeness (QED) is 0.802. The lowest BCUT2D eigenvalue weighted by atomic mass is 9.95. The van der Waals surface area contributed by atoms with Gasteiger partial charge in [0.05, 0.1) is 0 Å². The zero-order valence-corrected chi connectivity index (χ0v) is 8.72. The van der Waals surface area contributed by atoms with Gasteiger partial charge >= 0.3 is 6.18 Å². The average Bonchev–Trinajstić information content (AvgIpc) is 2.29. The number of hydrogen-bond acceptors (Lipinski definition) is 2. The Bertz CT molecular complexity index is 356. The van der Waals surface area contributed by atoms with Crippen molar-refractivity contribution in [2.24, 2.45) is 0 Å². The minimum atomic E-state index is -4.35. The average molecular weight is 230 g/mol. The molecular formula is C11H13F3N2. The molecule has 88 valence electrons. The van der Waals surface area contributed by atoms with Crippen molar-refractivity contribution in [3.63, 3.8) is 0 Å². The molecule has 1 aromatic rings. The molecule has 2 rings (SSSR count). The SMILES string of the molecule is FC(F)(F)c1cccc([C@@H]2CCCNC2)n1. The van der Waals surface area contributed by atoms with E-state index in [-0.39, 0.29) is 5.92 Å². The topological polar surface area (TPSA) is 24.9 Å². The molecule has 0 bridgehead atoms. The van der Waals surface area contributed by atoms with E-state index in [1.807, 2.05) is 0 Å². The van der Waals surface area contributed by atoms with Gasteiger partial charge in [0, 0.05) is 18.2 Å². The van der Waals surface area contributed by atoms with Gasteiger partial charge in [-0.3, -0.25) is 0 Å². The van der Waals surface area contributed by atoms with E-state index in [1.165, 1.54) is 6.07 Å². The molecule has 1 saturated heterocycles. The zero-order valence-electron chi connectivity index (χ0n) is 8.72. The van der Waals surface area contributed by atoms with E-state index in [0.29, 0.717) is 12.2 Å². The summed E-state index contributed by atoms with van der Waals surface area (Å²) >= 11 is 0. The Balaban J connectivity index is 2.21. The van der Waals surface area contributed by atoms with Crippen molar-refractivity contribution in [1.29, 1.82) is 0 Å². The fraction of sp³-hybridized carbons (Fsp3) is 0.545. The van der Waals surface area contributed by atoms with Gasteiger partial charge in [-0.2, -0.15) is 13.2 Å². The maximum atomic E-state index is 12.5. The predicted octanol–water partition coefficient (Wildman–Crippen LogP) is 2.57. The molecule has 2 heterocycles. The van der Waals surface area contributed by atoms with Crippen molar-refractivity contribution in [3.05, 3.63) is 29.6 Å². The van der Waals surface area contributed by atoms with E-state index < -0.39 is 11.9 Å². The summed E-state index contributed by atoms with van der Waals surface area (Å²) < 4.78 is 37.4. The minimum absolute atomic E-state index is 0.107. The summed E-state index contributed by atoms with van der Waals surface area (Å²) in [6.07, 6.45) is -2.46. The number of rotatable bonds is 1. The molecule has 0 saturated carbocycles. The van der Waals surface area contributed by atoms with Crippen molar-refractivity contribution in [3.8, 4) is 0 Å². The second-order valence-electron chi connectivity index (χ2n) is 3.99. The molecule has 1 aliphatic rings. The summed E-state index contributed by atoms with van der Waals surface area (Å²) in [6, 6.07) is 4.12. The molecule has 5 heteroatoms. The number of alkyl halides is 3. The second-order valence-corrected chi connectivity index (χ2v) is 3.99. The third-order valence-corrected chi connectivity index (χ3v) is 2.78. The lowest BCUT2D eigenvalue weighted by Crippen LogP contribution is -2.29. The summed E-state index contributed by atoms with van der Waals surface area (Å²) in [5.74, 6) is 0.107. The van der Waals surface area contributed by atoms with Gasteiger partial charge in [0.2, 0.25) is 0 Å². The van der Waals surface area contributed by atoms with Crippen LogP contribution in [0.4, 0.5) is 13.2 Å². The van der Waals surface area contributed by atoms with Crippen LogP contribution in [0.5, 0.6) is 0 Å². The van der Waals surface area contributed by atoms with E-state index in [0.717, 1.165) is 25.5 Å². The minimum Gasteiger partial charge on any atom is -0.316 e. The van der Waals surface area contributed by atoms with E-state index in [1.54, 1.807) is 6.07 Å². The van der Waals surface area contributed by atoms with Crippen molar-refractivity contribution >= 4 is 0 Å². The Morgan fingerprint density at radius 1 is 1.31 bits per heavy atom. The fourth-order valence-corrected chi connectivity index (χ4v) is 1.94. The summed E-state index contributed by atoms with van der Waals surface area (Å²) in [7, 11) is 0. The van der Waals surface area contributed by atoms with Crippen LogP contribution in [0.15, 0.2) is 18.2 Å². The summed E-state index contributed by atoms with van der Waals surface area (Å²) in [5, 5.41) is 3.17. The lowest BCUT2D eigenvalue weighted by Gasteiger charge is -2.22. The molecule has 0 aliphatic carbocycles. The maximum absolute atomic E-state index is 12.5. The molecule has 2 nitrogen and oxygen atoms in total. The highest BCUT2D eigenvalue weighted by Gasteiger charge is 2.33. The molecule has 1 aromatic heterocycles. The lowest BCUT2D eigenvalue weighted by molar-refractivity contribution is -0.141. The maximum Gasteiger partial charge on any atom is 0.433 e. The Kier molecular flexibility index (Phi) is 3.14. The highest BCUT2D eigenvalue weighted by molar-refractivity contribution is 5.17. The summed E-state index contributed by atoms with van der Waals surface area (Å²) in [5.41, 5.74) is -0.252. The third-order valence-electron chi connectivity index (χ3n) is 2.78. The number of pyridine rings is 1. The molecular weight excluding hydrogens is 217 g/mol. The van der Waals surface area contributed by atoms with Crippen LogP contribution in [0.25, 0.3) is 0 Å². The predicted molar refractivity (Wildman–Crippen MR) is 54.1 cm³/mol. The van der Waals surface area contributed by atoms with Crippen LogP contribution in [-0.4, -0.2) is 18.1 Å². The van der Waals surface area contributed by atoms with Crippen LogP contribution >= 0.6 is 0 Å². The van der Waals surface area contributed by atoms with E-state index in [2.05, 4.69) is 10.3 Å². The normalized spacial score (nSPS) is 22.1. The first-order chi connectivity index (χ1) is 7.57. The third kappa shape index (κ3) is 2.52. The summed E-state index contributed by atoms with van der Waals surface area (Å²) in [6.45, 7) is 1.66. The van der Waals surface area contributed by atoms with Gasteiger partial charge in [0.15, 0.2) is 0 Å². The standard InChI is InChI=1S/C11H13F3N2/c12-11(13,14)10-5-1-4-9(16-10)8-3-2-6-15-7-8/h1,4-5,8,15H,2-3,6-7H2/t8-/m1/s1. The highest BCUT2D eigenvalue weighted by Crippen LogP contribution is 2.29. The summed E-state index contributed by atoms with van der Waals surface area (Å²) in [4.78, 5) is 3.70. The Morgan fingerprint density at radius 2 is 2.12 bits per heavy atom. The van der Waals surface area contributed by atoms with Crippen LogP contribution in [0.1, 0.15) is 30.1 Å². The Labute approximate surface area is 91.9 Å². The molecule has 1 aliphatic heterocycles. The number of aromatic nitrogens is 1. The monoisotopic (exact) mass is 230 g/mol. The van der Waals surface area contributed by atoms with Gasteiger partial charge in [-0.1, -0.05) is 6.07 Å². The van der Waals surface area contributed by atoms with Crippen LogP contribution in [0.2, 0.25) is 0 Å². The number of nitrogens with zero attached hydrogens (tertiary/aromatic N) is 1. The first-order valence-corrected chi connectivity index (χ1v) is 5.32. The van der Waals surface area contributed by atoms with Crippen molar-refractivity contribution in [2.45, 2.75) is 24.9 Å². The van der Waals surface area contributed by atoms with Crippen molar-refractivity contribution in [2.75, 3.05) is 13.1 Å². The van der Waals surface area contributed by atoms with E-state index in [4.69, 9.17) is 0 Å². The van der Waals surface area contributed by atoms with E-state index >= 15 is 0 Å². The second kappa shape index (κ2) is 4.41. The van der Waals surface area contributed by atoms with Gasteiger partial charge in [0.25, 0.3) is 0 Å². The fourth-order valence-electron chi connectivity index (χ4n) is 1.94. The number of nitrogens with one attached hydrogen (secondary N) is 1. The van der Waals surface area contributed by atoms with Crippen LogP contribution < -0.4 is 5.32 Å². The van der Waals surface area contributed by atoms with Gasteiger partial charge in [-0.25, -0.2) is 4.98 Å². The zero-order chi connectivity index (χ0) is 11.6. The van der Waals surface area contributed by atoms with Crippen LogP contribution in [-0.2, 0) is 6.18 Å². The Morgan fingerprint density at radius 3 is 2.75 bits per heavy atom. The molecule has 1 fully saturated rings. The van der Waals surface area contributed by atoms with Gasteiger partial charge in [0.1, 0.15) is 5.69 Å². The van der Waals surface area contributed by atoms with Crippen molar-refractivity contribution < 1.29 is 13.2 Å². The van der Waals surface area contributed by atoms with E-state index in [9.17, 15) is 13.2 Å². The largest absolute Gasteiger partial charge is 0.433 e. The van der Waals surface area contributed by atoms with Gasteiger partial charge in [-0.15, -0.1) is 0 Å². The molecule has 16 heavy (non-hydrogen) atoms. The first-order valence-electron chi connectivity index (χ1n) is 5.32. The molecule has 1 atom stereocenters. The smallest absolute Gasteiger partial charge is 0.316 e. The van der Waals surface area contributed by atoms with Crippen molar-refractivity contribution in [1.82, 2.24) is 10.3 Å². The molecule has 0 aromatic carbocycles. The first kappa shape index (κ1) is 11.4. The number of halogens is 3. The number of piperidine rings is 1. The van der Waals surface area contributed by atoms with Crippen LogP contribution in [0.3, 0.4) is 0 Å². The van der Waals surface area contributed by atoms with Crippen LogP contribution in [0, 0.1) is 0 Å². The molecule has 0 spiro atoms. The highest BCUT2D eigenvalue weighted by atomic mass is 19.4. The Hall–Kier alpha value is -1.10. The molecule has 0 radical (unpaired) electrons. The molecule has 0 amide bonds. The van der Waals surface area contributed by atoms with Gasteiger partial charge in [-0.05, 0) is 31.5 Å².